The van der Waals surface area contributed by atoms with Crippen molar-refractivity contribution >= 4 is 46.3 Å². The summed E-state index contributed by atoms with van der Waals surface area (Å²) in [6, 6.07) is 4.57. The van der Waals surface area contributed by atoms with Crippen LogP contribution < -0.4 is 16.4 Å². The van der Waals surface area contributed by atoms with Gasteiger partial charge in [0.25, 0.3) is 0 Å². The Morgan fingerprint density at radius 2 is 1.97 bits per heavy atom. The number of imidazole rings is 1. The van der Waals surface area contributed by atoms with Gasteiger partial charge < -0.3 is 21.5 Å². The van der Waals surface area contributed by atoms with Crippen molar-refractivity contribution in [3.05, 3.63) is 35.2 Å². The maximum absolute atomic E-state index is 14.5. The Hall–Kier alpha value is -2.98. The first-order valence-electron chi connectivity index (χ1n) is 11.6. The van der Waals surface area contributed by atoms with Crippen molar-refractivity contribution in [2.75, 3.05) is 10.6 Å². The van der Waals surface area contributed by atoms with E-state index in [1.54, 1.807) is 18.3 Å². The predicted octanol–water partition coefficient (Wildman–Crippen LogP) is 3.90. The summed E-state index contributed by atoms with van der Waals surface area (Å²) in [5.41, 5.74) is 6.82. The lowest BCUT2D eigenvalue weighted by atomic mass is 9.85. The maximum atomic E-state index is 14.5. The molecule has 2 heterocycles. The maximum Gasteiger partial charge on any atom is 0.224 e. The number of aromatic nitrogens is 4. The van der Waals surface area contributed by atoms with Crippen LogP contribution in [0.1, 0.15) is 51.0 Å². The van der Waals surface area contributed by atoms with E-state index >= 15 is 0 Å². The third kappa shape index (κ3) is 4.52. The minimum Gasteiger partial charge on any atom is -0.393 e. The lowest BCUT2D eigenvalue weighted by Gasteiger charge is -2.29. The Balaban J connectivity index is 1.52. The van der Waals surface area contributed by atoms with Gasteiger partial charge >= 0.3 is 0 Å². The molecular formula is C23H27ClFN7O2. The quantitative estimate of drug-likeness (QED) is 0.414. The Morgan fingerprint density at radius 1 is 1.18 bits per heavy atom. The summed E-state index contributed by atoms with van der Waals surface area (Å²) in [5, 5.41) is 16.4. The van der Waals surface area contributed by atoms with Gasteiger partial charge in [-0.25, -0.2) is 14.4 Å². The number of rotatable bonds is 6. The molecule has 0 bridgehead atoms. The first kappa shape index (κ1) is 22.8. The van der Waals surface area contributed by atoms with Gasteiger partial charge in [0, 0.05) is 18.0 Å². The number of aliphatic hydroxyl groups excluding tert-OH is 1. The number of halogens is 2. The van der Waals surface area contributed by atoms with E-state index in [4.69, 9.17) is 22.3 Å². The molecule has 2 atom stereocenters. The van der Waals surface area contributed by atoms with E-state index in [1.807, 2.05) is 4.57 Å². The summed E-state index contributed by atoms with van der Waals surface area (Å²) >= 11 is 6.25. The van der Waals surface area contributed by atoms with E-state index in [2.05, 4.69) is 20.6 Å². The average molecular weight is 488 g/mol. The largest absolute Gasteiger partial charge is 0.393 e. The molecule has 2 aliphatic rings. The molecule has 0 saturated heterocycles. The molecular weight excluding hydrogens is 461 g/mol. The van der Waals surface area contributed by atoms with Crippen molar-refractivity contribution in [1.82, 2.24) is 19.5 Å². The zero-order valence-electron chi connectivity index (χ0n) is 18.5. The van der Waals surface area contributed by atoms with Crippen LogP contribution in [0, 0.1) is 11.7 Å². The fourth-order valence-electron chi connectivity index (χ4n) is 5.01. The molecule has 2 fully saturated rings. The highest BCUT2D eigenvalue weighted by Crippen LogP contribution is 2.38. The number of carbonyl (C=O) groups excluding carboxylic acids is 1. The van der Waals surface area contributed by atoms with E-state index in [9.17, 15) is 14.3 Å². The second-order valence-corrected chi connectivity index (χ2v) is 9.55. The van der Waals surface area contributed by atoms with Crippen LogP contribution in [0.15, 0.2) is 24.4 Å². The number of amides is 1. The van der Waals surface area contributed by atoms with Crippen molar-refractivity contribution in [3.63, 3.8) is 0 Å². The molecule has 3 aromatic rings. The molecule has 0 aliphatic heterocycles. The van der Waals surface area contributed by atoms with E-state index in [0.717, 1.165) is 12.8 Å². The smallest absolute Gasteiger partial charge is 0.224 e. The van der Waals surface area contributed by atoms with Crippen molar-refractivity contribution in [2.24, 2.45) is 11.7 Å². The number of hydrogen-bond acceptors (Lipinski definition) is 7. The van der Waals surface area contributed by atoms with Gasteiger partial charge in [-0.3, -0.25) is 9.36 Å². The Morgan fingerprint density at radius 3 is 2.65 bits per heavy atom. The fourth-order valence-corrected chi connectivity index (χ4v) is 5.22. The molecule has 2 aromatic heterocycles. The summed E-state index contributed by atoms with van der Waals surface area (Å²) in [6.45, 7) is 0. The van der Waals surface area contributed by atoms with E-state index in [1.165, 1.54) is 6.07 Å². The lowest BCUT2D eigenvalue weighted by Crippen LogP contribution is -2.29. The third-order valence-electron chi connectivity index (χ3n) is 6.83. The molecule has 180 valence electrons. The molecule has 34 heavy (non-hydrogen) atoms. The molecule has 5 rings (SSSR count). The van der Waals surface area contributed by atoms with Crippen molar-refractivity contribution in [1.29, 1.82) is 0 Å². The van der Waals surface area contributed by atoms with E-state index in [0.29, 0.717) is 55.2 Å². The number of fused-ring (bicyclic) bond motifs is 1. The second-order valence-electron chi connectivity index (χ2n) is 9.15. The number of nitrogens with two attached hydrogens (primary N) is 1. The van der Waals surface area contributed by atoms with Gasteiger partial charge in [-0.2, -0.15) is 4.98 Å². The number of carbonyl (C=O) groups is 1. The van der Waals surface area contributed by atoms with Crippen LogP contribution in [0.25, 0.3) is 11.2 Å². The van der Waals surface area contributed by atoms with Crippen LogP contribution in [0.4, 0.5) is 22.0 Å². The highest BCUT2D eigenvalue weighted by molar-refractivity contribution is 6.33. The summed E-state index contributed by atoms with van der Waals surface area (Å²) in [4.78, 5) is 25.5. The summed E-state index contributed by atoms with van der Waals surface area (Å²) in [5.74, 6) is -0.0554. The molecule has 2 aliphatic carbocycles. The average Bonchev–Trinajstić information content (AvgIpc) is 3.38. The molecule has 5 N–H and O–H groups in total. The van der Waals surface area contributed by atoms with Crippen LogP contribution in [-0.4, -0.2) is 42.7 Å². The van der Waals surface area contributed by atoms with Crippen LogP contribution >= 0.6 is 11.6 Å². The number of nitrogens with one attached hydrogen (secondary N) is 2. The summed E-state index contributed by atoms with van der Waals surface area (Å²) in [6.07, 6.45) is 6.31. The second kappa shape index (κ2) is 9.34. The van der Waals surface area contributed by atoms with Crippen LogP contribution in [-0.2, 0) is 4.79 Å². The number of para-hydroxylation sites is 1. The van der Waals surface area contributed by atoms with Gasteiger partial charge in [-0.15, -0.1) is 0 Å². The zero-order valence-corrected chi connectivity index (χ0v) is 19.3. The normalized spacial score (nSPS) is 24.9. The first-order chi connectivity index (χ1) is 16.4. The summed E-state index contributed by atoms with van der Waals surface area (Å²) in [7, 11) is 0. The fraction of sp³-hybridized carbons (Fsp3) is 0.478. The molecule has 1 amide bonds. The summed E-state index contributed by atoms with van der Waals surface area (Å²) < 4.78 is 16.5. The van der Waals surface area contributed by atoms with Crippen LogP contribution in [0.2, 0.25) is 5.02 Å². The standard InChI is InChI=1S/C23H27ClFN7O2/c24-16-2-1-3-17(25)19(16)30-23-29-18-11-27-22(28-13-6-9-15(33)10-13)31-21(18)32(23)14-7-4-12(5-8-14)20(26)34/h1-3,11-15,33H,4-10H2,(H2,26,34)(H,29,30)(H,27,28,31)/t12-,13-,14+,15-/m0/s1. The van der Waals surface area contributed by atoms with Gasteiger partial charge in [0.2, 0.25) is 17.8 Å². The molecule has 0 unspecified atom stereocenters. The molecule has 2 saturated carbocycles. The van der Waals surface area contributed by atoms with E-state index < -0.39 is 5.82 Å². The number of benzene rings is 1. The SMILES string of the molecule is NC(=O)[C@H]1CC[C@@H](n2c(Nc3c(F)cccc3Cl)nc3cnc(N[C@H]4CC[C@H](O)C4)nc32)CC1. The van der Waals surface area contributed by atoms with Crippen molar-refractivity contribution in [3.8, 4) is 0 Å². The minimum atomic E-state index is -0.489. The number of anilines is 3. The minimum absolute atomic E-state index is 0.00954. The lowest BCUT2D eigenvalue weighted by molar-refractivity contribution is -0.122. The van der Waals surface area contributed by atoms with Gasteiger partial charge in [-0.05, 0) is 57.1 Å². The van der Waals surface area contributed by atoms with Crippen molar-refractivity contribution < 1.29 is 14.3 Å². The van der Waals surface area contributed by atoms with E-state index in [-0.39, 0.29) is 40.7 Å². The third-order valence-corrected chi connectivity index (χ3v) is 7.15. The van der Waals surface area contributed by atoms with Gasteiger partial charge in [0.1, 0.15) is 11.3 Å². The molecule has 1 aromatic carbocycles. The van der Waals surface area contributed by atoms with Crippen molar-refractivity contribution in [2.45, 2.75) is 63.1 Å². The number of nitrogens with zero attached hydrogens (tertiary/aromatic N) is 4. The van der Waals surface area contributed by atoms with Gasteiger partial charge in [-0.1, -0.05) is 17.7 Å². The molecule has 0 radical (unpaired) electrons. The first-order valence-corrected chi connectivity index (χ1v) is 12.0. The highest BCUT2D eigenvalue weighted by atomic mass is 35.5. The van der Waals surface area contributed by atoms with Crippen LogP contribution in [0.3, 0.4) is 0 Å². The Kier molecular flexibility index (Phi) is 6.26. The van der Waals surface area contributed by atoms with Gasteiger partial charge in [0.15, 0.2) is 5.65 Å². The molecule has 11 heteroatoms. The Bertz CT molecular complexity index is 1190. The highest BCUT2D eigenvalue weighted by Gasteiger charge is 2.30. The monoisotopic (exact) mass is 487 g/mol. The Labute approximate surface area is 200 Å². The zero-order chi connectivity index (χ0) is 23.8. The van der Waals surface area contributed by atoms with Crippen LogP contribution in [0.5, 0.6) is 0 Å². The van der Waals surface area contributed by atoms with Gasteiger partial charge in [0.05, 0.1) is 23.0 Å². The number of aliphatic hydroxyl groups is 1. The molecule has 0 spiro atoms. The number of hydrogen-bond donors (Lipinski definition) is 4. The molecule has 9 nitrogen and oxygen atoms in total. The predicted molar refractivity (Wildman–Crippen MR) is 127 cm³/mol. The number of primary amides is 1. The topological polar surface area (TPSA) is 131 Å².